The van der Waals surface area contributed by atoms with Crippen LogP contribution in [0.2, 0.25) is 0 Å². The van der Waals surface area contributed by atoms with Crippen molar-refractivity contribution in [3.05, 3.63) is 35.9 Å². The minimum atomic E-state index is -0.738. The van der Waals surface area contributed by atoms with Crippen molar-refractivity contribution < 1.29 is 5.11 Å². The number of aliphatic hydroxyl groups excluding tert-OH is 1. The van der Waals surface area contributed by atoms with E-state index in [1.807, 2.05) is 51.1 Å². The maximum atomic E-state index is 9.95. The molecule has 2 heteroatoms. The van der Waals surface area contributed by atoms with Crippen molar-refractivity contribution in [3.63, 3.8) is 0 Å². The second-order valence-electron chi connectivity index (χ2n) is 4.78. The second-order valence-corrected chi connectivity index (χ2v) is 5.25. The molecule has 0 fully saturated rings. The number of alkyl halides is 1. The number of benzene rings is 1. The molecule has 2 atom stereocenters. The van der Waals surface area contributed by atoms with Crippen LogP contribution in [0.3, 0.4) is 0 Å². The molecule has 1 nitrogen and oxygen atoms in total. The van der Waals surface area contributed by atoms with Gasteiger partial charge in [0.15, 0.2) is 0 Å². The molecule has 0 aromatic heterocycles. The smallest absolute Gasteiger partial charge is 0.124 e. The monoisotopic (exact) mass is 236 g/mol. The number of halogens is 1. The van der Waals surface area contributed by atoms with Gasteiger partial charge in [-0.1, -0.05) is 42.2 Å². The van der Waals surface area contributed by atoms with Gasteiger partial charge in [0, 0.05) is 5.41 Å². The summed E-state index contributed by atoms with van der Waals surface area (Å²) in [6, 6.07) is 9.34. The first kappa shape index (κ1) is 13.1. The maximum absolute atomic E-state index is 9.95. The van der Waals surface area contributed by atoms with Crippen LogP contribution in [0, 0.1) is 17.3 Å². The largest absolute Gasteiger partial charge is 0.386 e. The first-order valence-electron chi connectivity index (χ1n) is 5.30. The first-order chi connectivity index (χ1) is 7.40. The number of hydrogen-bond acceptors (Lipinski definition) is 1. The molecule has 1 N–H and O–H groups in total. The molecule has 1 aromatic carbocycles. The third kappa shape index (κ3) is 4.26. The van der Waals surface area contributed by atoms with Gasteiger partial charge >= 0.3 is 0 Å². The molecule has 1 aromatic rings. The molecule has 0 saturated heterocycles. The molecule has 0 amide bonds. The van der Waals surface area contributed by atoms with Gasteiger partial charge in [0.05, 0.1) is 0 Å². The van der Waals surface area contributed by atoms with Gasteiger partial charge in [0.2, 0.25) is 0 Å². The van der Waals surface area contributed by atoms with Crippen molar-refractivity contribution in [2.45, 2.75) is 32.3 Å². The van der Waals surface area contributed by atoms with Crippen LogP contribution in [0.25, 0.3) is 0 Å². The Balaban J connectivity index is 2.75. The molecule has 0 radical (unpaired) electrons. The maximum Gasteiger partial charge on any atom is 0.124 e. The van der Waals surface area contributed by atoms with Gasteiger partial charge in [0.25, 0.3) is 0 Å². The van der Waals surface area contributed by atoms with Crippen LogP contribution in [-0.4, -0.2) is 10.5 Å². The van der Waals surface area contributed by atoms with Gasteiger partial charge in [-0.3, -0.25) is 0 Å². The highest BCUT2D eigenvalue weighted by atomic mass is 35.5. The summed E-state index contributed by atoms with van der Waals surface area (Å²) in [6.07, 6.45) is -0.738. The Kier molecular flexibility index (Phi) is 4.41. The van der Waals surface area contributed by atoms with Crippen LogP contribution < -0.4 is 0 Å². The van der Waals surface area contributed by atoms with Crippen molar-refractivity contribution in [3.8, 4) is 11.8 Å². The van der Waals surface area contributed by atoms with Crippen molar-refractivity contribution in [2.24, 2.45) is 5.41 Å². The van der Waals surface area contributed by atoms with Gasteiger partial charge in [-0.25, -0.2) is 0 Å². The summed E-state index contributed by atoms with van der Waals surface area (Å²) in [5.41, 5.74) is 0.703. The standard InChI is InChI=1S/C14H17ClO/c1-14(2,3)10-9-12(15)13(16)11-7-5-4-6-8-11/h4-8,12-13,16H,1-3H3/t12-,13?/m1/s1. The molecule has 0 saturated carbocycles. The van der Waals surface area contributed by atoms with E-state index < -0.39 is 11.5 Å². The second kappa shape index (κ2) is 5.39. The molecule has 0 bridgehead atoms. The van der Waals surface area contributed by atoms with Crippen LogP contribution in [0.5, 0.6) is 0 Å². The fourth-order valence-corrected chi connectivity index (χ4v) is 1.38. The number of rotatable bonds is 2. The highest BCUT2D eigenvalue weighted by Crippen LogP contribution is 2.21. The average molecular weight is 237 g/mol. The molecule has 0 aliphatic heterocycles. The Labute approximate surface area is 102 Å². The summed E-state index contributed by atoms with van der Waals surface area (Å²) >= 11 is 6.05. The van der Waals surface area contributed by atoms with E-state index in [2.05, 4.69) is 11.8 Å². The van der Waals surface area contributed by atoms with E-state index in [-0.39, 0.29) is 5.41 Å². The van der Waals surface area contributed by atoms with Gasteiger partial charge in [-0.05, 0) is 26.3 Å². The van der Waals surface area contributed by atoms with Crippen molar-refractivity contribution in [2.75, 3.05) is 0 Å². The van der Waals surface area contributed by atoms with Crippen LogP contribution in [0.4, 0.5) is 0 Å². The van der Waals surface area contributed by atoms with Crippen LogP contribution in [-0.2, 0) is 0 Å². The topological polar surface area (TPSA) is 20.2 Å². The zero-order chi connectivity index (χ0) is 12.2. The SMILES string of the molecule is CC(C)(C)C#C[C@@H](Cl)C(O)c1ccccc1. The molecule has 1 unspecified atom stereocenters. The van der Waals surface area contributed by atoms with E-state index in [0.29, 0.717) is 0 Å². The Bertz CT molecular complexity index is 381. The molecule has 0 heterocycles. The van der Waals surface area contributed by atoms with Crippen LogP contribution in [0.15, 0.2) is 30.3 Å². The fraction of sp³-hybridized carbons (Fsp3) is 0.429. The van der Waals surface area contributed by atoms with Gasteiger partial charge in [-0.15, -0.1) is 11.6 Å². The fourth-order valence-electron chi connectivity index (χ4n) is 1.18. The highest BCUT2D eigenvalue weighted by molar-refractivity contribution is 6.22. The normalized spacial score (nSPS) is 14.8. The molecule has 16 heavy (non-hydrogen) atoms. The number of hydrogen-bond donors (Lipinski definition) is 1. The predicted molar refractivity (Wildman–Crippen MR) is 68.3 cm³/mol. The summed E-state index contributed by atoms with van der Waals surface area (Å²) in [7, 11) is 0. The summed E-state index contributed by atoms with van der Waals surface area (Å²) in [5, 5.41) is 9.38. The number of aliphatic hydroxyl groups is 1. The van der Waals surface area contributed by atoms with Crippen LogP contribution in [0.1, 0.15) is 32.4 Å². The molecular formula is C14H17ClO. The zero-order valence-electron chi connectivity index (χ0n) is 9.87. The van der Waals surface area contributed by atoms with Crippen LogP contribution >= 0.6 is 11.6 Å². The Morgan fingerprint density at radius 1 is 1.19 bits per heavy atom. The molecule has 0 spiro atoms. The summed E-state index contributed by atoms with van der Waals surface area (Å²) in [4.78, 5) is 0. The summed E-state index contributed by atoms with van der Waals surface area (Å²) in [5.74, 6) is 5.92. The van der Waals surface area contributed by atoms with E-state index in [1.54, 1.807) is 0 Å². The minimum Gasteiger partial charge on any atom is -0.386 e. The zero-order valence-corrected chi connectivity index (χ0v) is 10.6. The molecule has 1 rings (SSSR count). The third-order valence-electron chi connectivity index (χ3n) is 2.00. The lowest BCUT2D eigenvalue weighted by Crippen LogP contribution is -2.11. The Morgan fingerprint density at radius 3 is 2.25 bits per heavy atom. The predicted octanol–water partition coefficient (Wildman–Crippen LogP) is 3.38. The lowest BCUT2D eigenvalue weighted by molar-refractivity contribution is 0.187. The molecular weight excluding hydrogens is 220 g/mol. The van der Waals surface area contributed by atoms with E-state index >= 15 is 0 Å². The van der Waals surface area contributed by atoms with E-state index in [9.17, 15) is 5.11 Å². The Hall–Kier alpha value is -0.970. The van der Waals surface area contributed by atoms with E-state index in [1.165, 1.54) is 0 Å². The van der Waals surface area contributed by atoms with Crippen molar-refractivity contribution in [1.82, 2.24) is 0 Å². The summed E-state index contributed by atoms with van der Waals surface area (Å²) < 4.78 is 0. The first-order valence-corrected chi connectivity index (χ1v) is 5.73. The summed E-state index contributed by atoms with van der Waals surface area (Å²) in [6.45, 7) is 6.04. The van der Waals surface area contributed by atoms with Crippen molar-refractivity contribution in [1.29, 1.82) is 0 Å². The lowest BCUT2D eigenvalue weighted by Gasteiger charge is -2.13. The highest BCUT2D eigenvalue weighted by Gasteiger charge is 2.16. The van der Waals surface area contributed by atoms with Gasteiger partial charge in [0.1, 0.15) is 11.5 Å². The van der Waals surface area contributed by atoms with E-state index in [0.717, 1.165) is 5.56 Å². The van der Waals surface area contributed by atoms with Gasteiger partial charge in [-0.2, -0.15) is 0 Å². The molecule has 0 aliphatic rings. The quantitative estimate of drug-likeness (QED) is 0.617. The Morgan fingerprint density at radius 2 is 1.75 bits per heavy atom. The van der Waals surface area contributed by atoms with Gasteiger partial charge < -0.3 is 5.11 Å². The van der Waals surface area contributed by atoms with E-state index in [4.69, 9.17) is 11.6 Å². The third-order valence-corrected chi connectivity index (χ3v) is 2.35. The average Bonchev–Trinajstić information content (AvgIpc) is 2.25. The van der Waals surface area contributed by atoms with Crippen molar-refractivity contribution >= 4 is 11.6 Å². The molecule has 0 aliphatic carbocycles. The molecule has 86 valence electrons. The minimum absolute atomic E-state index is 0.0937. The lowest BCUT2D eigenvalue weighted by atomic mass is 9.97.